The lowest BCUT2D eigenvalue weighted by atomic mass is 9.94. The smallest absolute Gasteiger partial charge is 0.301 e. The number of amides is 1. The molecule has 1 aromatic heterocycles. The van der Waals surface area contributed by atoms with E-state index in [-0.39, 0.29) is 28.3 Å². The summed E-state index contributed by atoms with van der Waals surface area (Å²) in [7, 11) is 1.54. The van der Waals surface area contributed by atoms with Crippen LogP contribution in [0.2, 0.25) is 0 Å². The van der Waals surface area contributed by atoms with Gasteiger partial charge in [-0.15, -0.1) is 0 Å². The Hall–Kier alpha value is -4.77. The summed E-state index contributed by atoms with van der Waals surface area (Å²) < 4.78 is 11.8. The fraction of sp³-hybridized carbons (Fsp3) is 0.179. The number of rotatable bonds is 5. The molecule has 1 amide bonds. The molecule has 11 heteroatoms. The molecule has 6 rings (SSSR count). The third-order valence-electron chi connectivity index (χ3n) is 6.80. The number of fused-ring (bicyclic) bond motifs is 2. The lowest BCUT2D eigenvalue weighted by molar-refractivity contribution is -0.384. The number of nitro benzene ring substituents is 1. The number of methoxy groups -OCH3 is 1. The van der Waals surface area contributed by atoms with Crippen LogP contribution in [-0.2, 0) is 16.0 Å². The Kier molecular flexibility index (Phi) is 5.80. The van der Waals surface area contributed by atoms with Gasteiger partial charge in [-0.3, -0.25) is 24.6 Å². The molecule has 0 radical (unpaired) electrons. The highest BCUT2D eigenvalue weighted by Gasteiger charge is 2.48. The molecule has 0 aliphatic carbocycles. The van der Waals surface area contributed by atoms with Gasteiger partial charge in [0.15, 0.2) is 5.13 Å². The van der Waals surface area contributed by atoms with E-state index in [2.05, 4.69) is 4.98 Å². The van der Waals surface area contributed by atoms with E-state index in [4.69, 9.17) is 9.47 Å². The van der Waals surface area contributed by atoms with Gasteiger partial charge in [0, 0.05) is 24.1 Å². The van der Waals surface area contributed by atoms with Gasteiger partial charge in [0.1, 0.15) is 23.4 Å². The van der Waals surface area contributed by atoms with Crippen LogP contribution in [-0.4, -0.2) is 39.9 Å². The Morgan fingerprint density at radius 3 is 2.77 bits per heavy atom. The fourth-order valence-corrected chi connectivity index (χ4v) is 6.02. The molecule has 4 aromatic rings. The SMILES string of the molecule is COc1ccc2nc(N3C(=O)C(=O)/C(=C(\O)c4ccc5c(c4)CC(C)O5)C3c3cccc([N+](=O)[O-])c3)sc2c1. The lowest BCUT2D eigenvalue weighted by Crippen LogP contribution is -2.29. The van der Waals surface area contributed by atoms with E-state index in [9.17, 15) is 24.8 Å². The van der Waals surface area contributed by atoms with E-state index < -0.39 is 22.7 Å². The number of nitrogens with zero attached hydrogens (tertiary/aromatic N) is 3. The maximum atomic E-state index is 13.5. The summed E-state index contributed by atoms with van der Waals surface area (Å²) in [6, 6.07) is 14.8. The van der Waals surface area contributed by atoms with Crippen LogP contribution in [0.25, 0.3) is 16.0 Å². The zero-order chi connectivity index (χ0) is 27.4. The Morgan fingerprint density at radius 2 is 2.00 bits per heavy atom. The Balaban J connectivity index is 1.55. The molecule has 2 atom stereocenters. The molecule has 0 saturated carbocycles. The molecule has 2 aliphatic rings. The monoisotopic (exact) mass is 543 g/mol. The maximum absolute atomic E-state index is 13.5. The number of carbonyl (C=O) groups is 2. The van der Waals surface area contributed by atoms with Crippen LogP contribution in [0.15, 0.2) is 66.2 Å². The van der Waals surface area contributed by atoms with Crippen molar-refractivity contribution < 1.29 is 29.1 Å². The number of ether oxygens (including phenoxy) is 2. The summed E-state index contributed by atoms with van der Waals surface area (Å²) in [6.45, 7) is 1.93. The first-order valence-corrected chi connectivity index (χ1v) is 12.9. The number of anilines is 1. The second-order valence-corrected chi connectivity index (χ2v) is 10.3. The normalized spacial score (nSPS) is 19.8. The largest absolute Gasteiger partial charge is 0.507 e. The van der Waals surface area contributed by atoms with Crippen LogP contribution in [0, 0.1) is 10.1 Å². The van der Waals surface area contributed by atoms with Gasteiger partial charge in [0.05, 0.1) is 33.9 Å². The van der Waals surface area contributed by atoms with Crippen molar-refractivity contribution in [1.82, 2.24) is 4.98 Å². The lowest BCUT2D eigenvalue weighted by Gasteiger charge is -2.22. The third-order valence-corrected chi connectivity index (χ3v) is 7.82. The molecule has 1 N–H and O–H groups in total. The zero-order valence-electron chi connectivity index (χ0n) is 20.8. The molecule has 3 heterocycles. The maximum Gasteiger partial charge on any atom is 0.301 e. The quantitative estimate of drug-likeness (QED) is 0.120. The number of benzene rings is 3. The van der Waals surface area contributed by atoms with Crippen molar-refractivity contribution in [3.05, 3.63) is 93.0 Å². The van der Waals surface area contributed by atoms with E-state index in [1.807, 2.05) is 6.92 Å². The minimum absolute atomic E-state index is 0.0227. The van der Waals surface area contributed by atoms with E-state index in [0.717, 1.165) is 10.3 Å². The molecule has 0 bridgehead atoms. The molecule has 10 nitrogen and oxygen atoms in total. The van der Waals surface area contributed by atoms with Gasteiger partial charge in [-0.2, -0.15) is 0 Å². The van der Waals surface area contributed by atoms with Crippen LogP contribution in [0.4, 0.5) is 10.8 Å². The van der Waals surface area contributed by atoms with Crippen LogP contribution < -0.4 is 14.4 Å². The van der Waals surface area contributed by atoms with Crippen LogP contribution in [0.3, 0.4) is 0 Å². The first-order chi connectivity index (χ1) is 18.7. The molecule has 196 valence electrons. The van der Waals surface area contributed by atoms with Gasteiger partial charge in [-0.05, 0) is 54.4 Å². The van der Waals surface area contributed by atoms with Crippen molar-refractivity contribution in [2.24, 2.45) is 0 Å². The van der Waals surface area contributed by atoms with Gasteiger partial charge in [-0.1, -0.05) is 23.5 Å². The summed E-state index contributed by atoms with van der Waals surface area (Å²) in [5.74, 6) is -0.884. The van der Waals surface area contributed by atoms with Gasteiger partial charge in [-0.25, -0.2) is 4.98 Å². The molecule has 2 unspecified atom stereocenters. The number of thiazole rings is 1. The number of Topliss-reactive ketones (excluding diaryl/α,β-unsaturated/α-hetero) is 1. The minimum Gasteiger partial charge on any atom is -0.507 e. The first kappa shape index (κ1) is 24.6. The fourth-order valence-electron chi connectivity index (χ4n) is 5.00. The minimum atomic E-state index is -1.14. The molecule has 39 heavy (non-hydrogen) atoms. The topological polar surface area (TPSA) is 132 Å². The van der Waals surface area contributed by atoms with E-state index in [1.165, 1.54) is 41.5 Å². The average Bonchev–Trinajstić information content (AvgIpc) is 3.59. The second-order valence-electron chi connectivity index (χ2n) is 9.31. The number of hydrogen-bond donors (Lipinski definition) is 1. The van der Waals surface area contributed by atoms with Crippen LogP contribution >= 0.6 is 11.3 Å². The predicted molar refractivity (Wildman–Crippen MR) is 144 cm³/mol. The molecule has 0 spiro atoms. The number of carbonyl (C=O) groups excluding carboxylic acids is 2. The first-order valence-electron chi connectivity index (χ1n) is 12.0. The van der Waals surface area contributed by atoms with E-state index in [0.29, 0.717) is 34.6 Å². The van der Waals surface area contributed by atoms with Gasteiger partial charge in [0.25, 0.3) is 11.5 Å². The number of aliphatic hydroxyl groups excluding tert-OH is 1. The second kappa shape index (κ2) is 9.21. The van der Waals surface area contributed by atoms with Crippen molar-refractivity contribution in [1.29, 1.82) is 0 Å². The predicted octanol–water partition coefficient (Wildman–Crippen LogP) is 5.16. The van der Waals surface area contributed by atoms with E-state index in [1.54, 1.807) is 42.5 Å². The van der Waals surface area contributed by atoms with Crippen molar-refractivity contribution in [2.45, 2.75) is 25.5 Å². The highest BCUT2D eigenvalue weighted by Crippen LogP contribution is 2.45. The van der Waals surface area contributed by atoms with Gasteiger partial charge >= 0.3 is 5.91 Å². The summed E-state index contributed by atoms with van der Waals surface area (Å²) >= 11 is 1.17. The summed E-state index contributed by atoms with van der Waals surface area (Å²) in [5.41, 5.74) is 1.70. The van der Waals surface area contributed by atoms with Crippen LogP contribution in [0.1, 0.15) is 29.7 Å². The summed E-state index contributed by atoms with van der Waals surface area (Å²) in [4.78, 5) is 43.8. The highest BCUT2D eigenvalue weighted by atomic mass is 32.1. The molecular formula is C28H21N3O7S. The Morgan fingerprint density at radius 1 is 1.18 bits per heavy atom. The number of aromatic nitrogens is 1. The Labute approximate surface area is 225 Å². The highest BCUT2D eigenvalue weighted by molar-refractivity contribution is 7.22. The standard InChI is InChI=1S/C28H21N3O7S/c1-14-10-17-11-16(6-9-21(17)38-14)25(32)23-24(15-4-3-5-18(12-15)31(35)36)30(27(34)26(23)33)28-29-20-8-7-19(37-2)13-22(20)39-28/h3-9,11-14,24,32H,10H2,1-2H3/b25-23-. The van der Waals surface area contributed by atoms with Crippen molar-refractivity contribution >= 4 is 49.8 Å². The zero-order valence-corrected chi connectivity index (χ0v) is 21.6. The number of ketones is 1. The Bertz CT molecular complexity index is 1730. The summed E-state index contributed by atoms with van der Waals surface area (Å²) in [6.07, 6.45) is 0.611. The van der Waals surface area contributed by atoms with Gasteiger partial charge in [0.2, 0.25) is 0 Å². The van der Waals surface area contributed by atoms with Crippen molar-refractivity contribution in [2.75, 3.05) is 12.0 Å². The van der Waals surface area contributed by atoms with Gasteiger partial charge < -0.3 is 14.6 Å². The number of nitro groups is 1. The van der Waals surface area contributed by atoms with Crippen molar-refractivity contribution in [3.63, 3.8) is 0 Å². The number of hydrogen-bond acceptors (Lipinski definition) is 9. The number of non-ortho nitro benzene ring substituents is 1. The molecule has 3 aromatic carbocycles. The molecule has 1 fully saturated rings. The summed E-state index contributed by atoms with van der Waals surface area (Å²) in [5, 5.41) is 23.2. The number of aliphatic hydroxyl groups is 1. The van der Waals surface area contributed by atoms with Crippen molar-refractivity contribution in [3.8, 4) is 11.5 Å². The van der Waals surface area contributed by atoms with Crippen LogP contribution in [0.5, 0.6) is 11.5 Å². The average molecular weight is 544 g/mol. The third kappa shape index (κ3) is 4.07. The molecule has 2 aliphatic heterocycles. The van der Waals surface area contributed by atoms with E-state index >= 15 is 0 Å². The molecular weight excluding hydrogens is 522 g/mol. The molecule has 1 saturated heterocycles.